The molecule has 1 aromatic rings. The van der Waals surface area contributed by atoms with E-state index in [0.29, 0.717) is 18.3 Å². The maximum atomic E-state index is 12.1. The molecule has 3 aliphatic rings. The van der Waals surface area contributed by atoms with Crippen LogP contribution in [0.15, 0.2) is 30.3 Å². The van der Waals surface area contributed by atoms with Crippen LogP contribution in [-0.4, -0.2) is 49.7 Å². The van der Waals surface area contributed by atoms with E-state index in [1.54, 1.807) is 0 Å². The molecule has 4 heteroatoms. The highest BCUT2D eigenvalue weighted by Crippen LogP contribution is 2.36. The summed E-state index contributed by atoms with van der Waals surface area (Å²) in [6, 6.07) is 10.7. The van der Waals surface area contributed by atoms with Gasteiger partial charge in [0.1, 0.15) is 0 Å². The van der Waals surface area contributed by atoms with Crippen LogP contribution in [0, 0.1) is 17.8 Å². The molecule has 136 valence electrons. The minimum Gasteiger partial charge on any atom is -0.377 e. The molecule has 0 unspecified atom stereocenters. The van der Waals surface area contributed by atoms with Crippen LogP contribution in [0.4, 0.5) is 0 Å². The monoisotopic (exact) mass is 342 g/mol. The number of ether oxygens (including phenoxy) is 1. The molecule has 4 nitrogen and oxygen atoms in total. The Hall–Kier alpha value is -1.39. The van der Waals surface area contributed by atoms with E-state index in [0.717, 1.165) is 45.1 Å². The van der Waals surface area contributed by atoms with Gasteiger partial charge >= 0.3 is 0 Å². The molecule has 2 aliphatic heterocycles. The number of rotatable bonds is 7. The van der Waals surface area contributed by atoms with E-state index in [1.165, 1.54) is 24.8 Å². The first kappa shape index (κ1) is 17.0. The number of piperidine rings is 1. The van der Waals surface area contributed by atoms with Crippen molar-refractivity contribution in [3.8, 4) is 0 Å². The number of nitrogens with one attached hydrogen (secondary N) is 1. The van der Waals surface area contributed by atoms with Gasteiger partial charge < -0.3 is 15.0 Å². The van der Waals surface area contributed by atoms with Crippen LogP contribution < -0.4 is 5.32 Å². The summed E-state index contributed by atoms with van der Waals surface area (Å²) in [6.45, 7) is 5.08. The number of benzene rings is 1. The number of likely N-dealkylation sites (tertiary alicyclic amines) is 1. The molecular weight excluding hydrogens is 312 g/mol. The Balaban J connectivity index is 1.21. The topological polar surface area (TPSA) is 41.6 Å². The summed E-state index contributed by atoms with van der Waals surface area (Å²) in [4.78, 5) is 14.7. The van der Waals surface area contributed by atoms with Crippen molar-refractivity contribution >= 4 is 5.91 Å². The summed E-state index contributed by atoms with van der Waals surface area (Å²) in [6.07, 6.45) is 5.54. The minimum atomic E-state index is 0.139. The van der Waals surface area contributed by atoms with Crippen molar-refractivity contribution in [3.63, 3.8) is 0 Å². The van der Waals surface area contributed by atoms with Gasteiger partial charge in [-0.1, -0.05) is 30.3 Å². The third-order valence-corrected chi connectivity index (χ3v) is 6.11. The molecule has 1 aromatic carbocycles. The summed E-state index contributed by atoms with van der Waals surface area (Å²) < 4.78 is 6.02. The Kier molecular flexibility index (Phi) is 5.37. The maximum absolute atomic E-state index is 12.1. The van der Waals surface area contributed by atoms with Crippen LogP contribution >= 0.6 is 0 Å². The number of carbonyl (C=O) groups is 1. The van der Waals surface area contributed by atoms with Crippen molar-refractivity contribution in [2.45, 2.75) is 38.2 Å². The molecule has 2 saturated heterocycles. The fourth-order valence-corrected chi connectivity index (χ4v) is 4.34. The van der Waals surface area contributed by atoms with Gasteiger partial charge in [0.05, 0.1) is 19.1 Å². The highest BCUT2D eigenvalue weighted by Gasteiger charge is 2.41. The average Bonchev–Trinajstić information content (AvgIpc) is 3.40. The summed E-state index contributed by atoms with van der Waals surface area (Å²) in [5.74, 6) is 2.10. The number of hydrogen-bond donors (Lipinski definition) is 1. The normalized spacial score (nSPS) is 29.4. The van der Waals surface area contributed by atoms with Gasteiger partial charge in [0.15, 0.2) is 0 Å². The van der Waals surface area contributed by atoms with Crippen molar-refractivity contribution in [2.24, 2.45) is 17.8 Å². The summed E-state index contributed by atoms with van der Waals surface area (Å²) in [7, 11) is 0. The molecule has 3 fully saturated rings. The largest absolute Gasteiger partial charge is 0.377 e. The lowest BCUT2D eigenvalue weighted by molar-refractivity contribution is -0.123. The molecule has 1 amide bonds. The van der Waals surface area contributed by atoms with Crippen LogP contribution in [-0.2, 0) is 16.0 Å². The number of amides is 1. The molecule has 0 aromatic heterocycles. The fourth-order valence-electron chi connectivity index (χ4n) is 4.34. The van der Waals surface area contributed by atoms with Crippen LogP contribution in [0.3, 0.4) is 0 Å². The Bertz CT molecular complexity index is 573. The molecule has 1 saturated carbocycles. The second-order valence-corrected chi connectivity index (χ2v) is 8.07. The third kappa shape index (κ3) is 4.62. The standard InChI is InChI=1S/C21H30N2O2/c24-21(22-13-17-6-7-17)12-20-19-9-11-23(14-18(19)15-25-20)10-8-16-4-2-1-3-5-16/h1-5,17-20H,6-15H2,(H,22,24)/t18-,19-,20+/m1/s1. The van der Waals surface area contributed by atoms with E-state index in [2.05, 4.69) is 40.5 Å². The molecule has 2 heterocycles. The van der Waals surface area contributed by atoms with E-state index in [1.807, 2.05) is 0 Å². The molecule has 0 spiro atoms. The minimum absolute atomic E-state index is 0.139. The average molecular weight is 342 g/mol. The van der Waals surface area contributed by atoms with Crippen molar-refractivity contribution in [1.82, 2.24) is 10.2 Å². The molecule has 1 N–H and O–H groups in total. The first-order valence-electron chi connectivity index (χ1n) is 9.92. The second-order valence-electron chi connectivity index (χ2n) is 8.07. The highest BCUT2D eigenvalue weighted by molar-refractivity contribution is 5.76. The number of carbonyl (C=O) groups excluding carboxylic acids is 1. The SMILES string of the molecule is O=C(C[C@@H]1OC[C@H]2CN(CCc3ccccc3)CC[C@H]21)NCC1CC1. The predicted octanol–water partition coefficient (Wildman–Crippen LogP) is 2.48. The first-order chi connectivity index (χ1) is 12.3. The first-order valence-corrected chi connectivity index (χ1v) is 9.92. The lowest BCUT2D eigenvalue weighted by Gasteiger charge is -2.35. The summed E-state index contributed by atoms with van der Waals surface area (Å²) in [5.41, 5.74) is 1.41. The van der Waals surface area contributed by atoms with Gasteiger partial charge in [0.2, 0.25) is 5.91 Å². The zero-order valence-corrected chi connectivity index (χ0v) is 15.0. The summed E-state index contributed by atoms with van der Waals surface area (Å²) >= 11 is 0. The van der Waals surface area contributed by atoms with Gasteiger partial charge in [-0.05, 0) is 49.6 Å². The van der Waals surface area contributed by atoms with E-state index >= 15 is 0 Å². The quantitative estimate of drug-likeness (QED) is 0.828. The Morgan fingerprint density at radius 3 is 2.84 bits per heavy atom. The zero-order valence-electron chi connectivity index (χ0n) is 15.0. The number of nitrogens with zero attached hydrogens (tertiary/aromatic N) is 1. The lowest BCUT2D eigenvalue weighted by Crippen LogP contribution is -2.43. The molecule has 1 aliphatic carbocycles. The van der Waals surface area contributed by atoms with Gasteiger partial charge in [0.25, 0.3) is 0 Å². The maximum Gasteiger partial charge on any atom is 0.222 e. The number of hydrogen-bond acceptors (Lipinski definition) is 3. The van der Waals surface area contributed by atoms with Crippen LogP contribution in [0.1, 0.15) is 31.2 Å². The van der Waals surface area contributed by atoms with E-state index in [4.69, 9.17) is 4.74 Å². The van der Waals surface area contributed by atoms with Gasteiger partial charge in [-0.15, -0.1) is 0 Å². The molecule has 0 bridgehead atoms. The molecular formula is C21H30N2O2. The van der Waals surface area contributed by atoms with Crippen molar-refractivity contribution in [2.75, 3.05) is 32.8 Å². The second kappa shape index (κ2) is 7.88. The lowest BCUT2D eigenvalue weighted by atomic mass is 9.83. The molecule has 4 rings (SSSR count). The van der Waals surface area contributed by atoms with Gasteiger partial charge in [0, 0.05) is 25.6 Å². The smallest absolute Gasteiger partial charge is 0.222 e. The van der Waals surface area contributed by atoms with Crippen LogP contribution in [0.2, 0.25) is 0 Å². The Morgan fingerprint density at radius 2 is 2.04 bits per heavy atom. The Morgan fingerprint density at radius 1 is 1.20 bits per heavy atom. The van der Waals surface area contributed by atoms with E-state index in [9.17, 15) is 4.79 Å². The number of fused-ring (bicyclic) bond motifs is 1. The fraction of sp³-hybridized carbons (Fsp3) is 0.667. The van der Waals surface area contributed by atoms with Crippen molar-refractivity contribution in [1.29, 1.82) is 0 Å². The Labute approximate surface area is 150 Å². The van der Waals surface area contributed by atoms with Gasteiger partial charge in [-0.3, -0.25) is 4.79 Å². The van der Waals surface area contributed by atoms with Crippen molar-refractivity contribution in [3.05, 3.63) is 35.9 Å². The van der Waals surface area contributed by atoms with Crippen molar-refractivity contribution < 1.29 is 9.53 Å². The van der Waals surface area contributed by atoms with Gasteiger partial charge in [-0.25, -0.2) is 0 Å². The molecule has 3 atom stereocenters. The van der Waals surface area contributed by atoms with Gasteiger partial charge in [-0.2, -0.15) is 0 Å². The third-order valence-electron chi connectivity index (χ3n) is 6.11. The van der Waals surface area contributed by atoms with Crippen LogP contribution in [0.25, 0.3) is 0 Å². The zero-order chi connectivity index (χ0) is 17.1. The van der Waals surface area contributed by atoms with E-state index < -0.39 is 0 Å². The molecule has 25 heavy (non-hydrogen) atoms. The highest BCUT2D eigenvalue weighted by atomic mass is 16.5. The molecule has 0 radical (unpaired) electrons. The summed E-state index contributed by atoms with van der Waals surface area (Å²) in [5, 5.41) is 3.08. The van der Waals surface area contributed by atoms with Crippen LogP contribution in [0.5, 0.6) is 0 Å². The predicted molar refractivity (Wildman–Crippen MR) is 98.3 cm³/mol. The van der Waals surface area contributed by atoms with E-state index in [-0.39, 0.29) is 12.0 Å².